The Morgan fingerprint density at radius 3 is 2.58 bits per heavy atom. The van der Waals surface area contributed by atoms with Gasteiger partial charge in [-0.25, -0.2) is 0 Å². The van der Waals surface area contributed by atoms with E-state index in [1.165, 1.54) is 25.9 Å². The molecule has 2 rings (SSSR count). The van der Waals surface area contributed by atoms with Crippen LogP contribution >= 0.6 is 0 Å². The molecule has 1 unspecified atom stereocenters. The fraction of sp³-hybridized carbons (Fsp3) is 0.667. The van der Waals surface area contributed by atoms with E-state index < -0.39 is 6.10 Å². The third-order valence-electron chi connectivity index (χ3n) is 4.16. The van der Waals surface area contributed by atoms with E-state index in [4.69, 9.17) is 0 Å². The van der Waals surface area contributed by atoms with Gasteiger partial charge in [0, 0.05) is 26.2 Å². The summed E-state index contributed by atoms with van der Waals surface area (Å²) < 4.78 is 0. The third-order valence-corrected chi connectivity index (χ3v) is 4.16. The highest BCUT2D eigenvalue weighted by Gasteiger charge is 2.22. The van der Waals surface area contributed by atoms with Crippen LogP contribution in [0.1, 0.15) is 38.5 Å². The zero-order chi connectivity index (χ0) is 13.8. The molecule has 0 aromatic carbocycles. The SMILES string of the molecule is CCN1CCC(N(C)c2ccc(C(C)O)nc2)CC1. The zero-order valence-electron chi connectivity index (χ0n) is 12.2. The van der Waals surface area contributed by atoms with Crippen molar-refractivity contribution in [1.82, 2.24) is 9.88 Å². The molecule has 4 nitrogen and oxygen atoms in total. The van der Waals surface area contributed by atoms with Gasteiger partial charge in [-0.15, -0.1) is 0 Å². The van der Waals surface area contributed by atoms with E-state index in [1.54, 1.807) is 6.92 Å². The Morgan fingerprint density at radius 2 is 2.11 bits per heavy atom. The molecule has 106 valence electrons. The average molecular weight is 263 g/mol. The van der Waals surface area contributed by atoms with E-state index in [-0.39, 0.29) is 0 Å². The van der Waals surface area contributed by atoms with E-state index >= 15 is 0 Å². The van der Waals surface area contributed by atoms with Gasteiger partial charge in [-0.1, -0.05) is 6.92 Å². The van der Waals surface area contributed by atoms with Crippen LogP contribution in [0, 0.1) is 0 Å². The molecule has 1 aliphatic heterocycles. The van der Waals surface area contributed by atoms with Crippen molar-refractivity contribution in [2.24, 2.45) is 0 Å². The van der Waals surface area contributed by atoms with E-state index in [2.05, 4.69) is 34.8 Å². The van der Waals surface area contributed by atoms with Crippen LogP contribution in [0.3, 0.4) is 0 Å². The summed E-state index contributed by atoms with van der Waals surface area (Å²) in [5.41, 5.74) is 1.87. The molecule has 1 fully saturated rings. The average Bonchev–Trinajstić information content (AvgIpc) is 2.46. The second kappa shape index (κ2) is 6.35. The van der Waals surface area contributed by atoms with Gasteiger partial charge in [0.15, 0.2) is 0 Å². The second-order valence-corrected chi connectivity index (χ2v) is 5.39. The molecule has 1 saturated heterocycles. The minimum absolute atomic E-state index is 0.493. The lowest BCUT2D eigenvalue weighted by atomic mass is 10.0. The summed E-state index contributed by atoms with van der Waals surface area (Å²) in [5.74, 6) is 0. The van der Waals surface area contributed by atoms with E-state index in [0.29, 0.717) is 6.04 Å². The van der Waals surface area contributed by atoms with Gasteiger partial charge in [-0.05, 0) is 38.4 Å². The van der Waals surface area contributed by atoms with Crippen molar-refractivity contribution >= 4 is 5.69 Å². The quantitative estimate of drug-likeness (QED) is 0.902. The smallest absolute Gasteiger partial charge is 0.0931 e. The van der Waals surface area contributed by atoms with Crippen LogP contribution in [0.4, 0.5) is 5.69 Å². The lowest BCUT2D eigenvalue weighted by molar-refractivity contribution is 0.194. The van der Waals surface area contributed by atoms with Gasteiger partial charge >= 0.3 is 0 Å². The molecule has 1 aliphatic rings. The Hall–Kier alpha value is -1.13. The molecule has 0 radical (unpaired) electrons. The summed E-state index contributed by atoms with van der Waals surface area (Å²) in [5, 5.41) is 9.48. The number of nitrogens with zero attached hydrogens (tertiary/aromatic N) is 3. The fourth-order valence-corrected chi connectivity index (χ4v) is 2.69. The Balaban J connectivity index is 1.97. The summed E-state index contributed by atoms with van der Waals surface area (Å²) in [6.45, 7) is 7.49. The van der Waals surface area contributed by atoms with Crippen LogP contribution in [-0.4, -0.2) is 47.7 Å². The summed E-state index contributed by atoms with van der Waals surface area (Å²) in [4.78, 5) is 9.15. The number of aromatic nitrogens is 1. The number of aliphatic hydroxyl groups is 1. The first kappa shape index (κ1) is 14.3. The highest BCUT2D eigenvalue weighted by molar-refractivity contribution is 5.45. The molecule has 0 bridgehead atoms. The van der Waals surface area contributed by atoms with Gasteiger partial charge in [0.05, 0.1) is 23.7 Å². The first-order chi connectivity index (χ1) is 9.11. The third kappa shape index (κ3) is 3.45. The maximum atomic E-state index is 9.48. The Morgan fingerprint density at radius 1 is 1.42 bits per heavy atom. The molecule has 1 atom stereocenters. The van der Waals surface area contributed by atoms with Gasteiger partial charge in [0.25, 0.3) is 0 Å². The molecule has 1 aromatic rings. The van der Waals surface area contributed by atoms with Gasteiger partial charge < -0.3 is 14.9 Å². The maximum absolute atomic E-state index is 9.48. The van der Waals surface area contributed by atoms with Crippen molar-refractivity contribution in [3.63, 3.8) is 0 Å². The number of aliphatic hydroxyl groups excluding tert-OH is 1. The topological polar surface area (TPSA) is 39.6 Å². The van der Waals surface area contributed by atoms with E-state index in [9.17, 15) is 5.11 Å². The number of rotatable bonds is 4. The van der Waals surface area contributed by atoms with E-state index in [0.717, 1.165) is 17.9 Å². The molecule has 0 aliphatic carbocycles. The first-order valence-corrected chi connectivity index (χ1v) is 7.21. The second-order valence-electron chi connectivity index (χ2n) is 5.39. The van der Waals surface area contributed by atoms with Crippen LogP contribution in [0.5, 0.6) is 0 Å². The molecule has 0 spiro atoms. The normalized spacial score (nSPS) is 19.4. The lowest BCUT2D eigenvalue weighted by Gasteiger charge is -2.37. The van der Waals surface area contributed by atoms with Crippen LogP contribution in [-0.2, 0) is 0 Å². The molecule has 19 heavy (non-hydrogen) atoms. The molecule has 2 heterocycles. The Labute approximate surface area is 116 Å². The standard InChI is InChI=1S/C15H25N3O/c1-4-18-9-7-13(8-10-18)17(3)14-5-6-15(12(2)19)16-11-14/h5-6,11-13,19H,4,7-10H2,1-3H3. The fourth-order valence-electron chi connectivity index (χ4n) is 2.69. The number of piperidine rings is 1. The van der Waals surface area contributed by atoms with E-state index in [1.807, 2.05) is 12.3 Å². The number of pyridine rings is 1. The van der Waals surface area contributed by atoms with Crippen LogP contribution in [0.15, 0.2) is 18.3 Å². The first-order valence-electron chi connectivity index (χ1n) is 7.21. The summed E-state index contributed by atoms with van der Waals surface area (Å²) in [7, 11) is 2.14. The molecule has 0 amide bonds. The Bertz CT molecular complexity index is 383. The molecule has 4 heteroatoms. The molecule has 0 saturated carbocycles. The van der Waals surface area contributed by atoms with Crippen molar-refractivity contribution in [3.05, 3.63) is 24.0 Å². The van der Waals surface area contributed by atoms with Crippen LogP contribution < -0.4 is 4.90 Å². The lowest BCUT2D eigenvalue weighted by Crippen LogP contribution is -2.43. The van der Waals surface area contributed by atoms with Gasteiger partial charge in [0.2, 0.25) is 0 Å². The zero-order valence-corrected chi connectivity index (χ0v) is 12.2. The minimum Gasteiger partial charge on any atom is -0.387 e. The predicted molar refractivity (Wildman–Crippen MR) is 78.4 cm³/mol. The summed E-state index contributed by atoms with van der Waals surface area (Å²) in [6, 6.07) is 4.57. The van der Waals surface area contributed by atoms with Gasteiger partial charge in [0.1, 0.15) is 0 Å². The highest BCUT2D eigenvalue weighted by atomic mass is 16.3. The number of likely N-dealkylation sites (tertiary alicyclic amines) is 1. The Kier molecular flexibility index (Phi) is 4.77. The summed E-state index contributed by atoms with van der Waals surface area (Å²) in [6.07, 6.45) is 3.80. The molecular formula is C15H25N3O. The number of hydrogen-bond donors (Lipinski definition) is 1. The maximum Gasteiger partial charge on any atom is 0.0931 e. The van der Waals surface area contributed by atoms with Crippen molar-refractivity contribution in [2.75, 3.05) is 31.6 Å². The predicted octanol–water partition coefficient (Wildman–Crippen LogP) is 2.06. The van der Waals surface area contributed by atoms with Crippen molar-refractivity contribution in [2.45, 2.75) is 38.8 Å². The van der Waals surface area contributed by atoms with Gasteiger partial charge in [-0.2, -0.15) is 0 Å². The molecule has 1 aromatic heterocycles. The van der Waals surface area contributed by atoms with Crippen molar-refractivity contribution in [3.8, 4) is 0 Å². The summed E-state index contributed by atoms with van der Waals surface area (Å²) >= 11 is 0. The molecular weight excluding hydrogens is 238 g/mol. The highest BCUT2D eigenvalue weighted by Crippen LogP contribution is 2.22. The number of anilines is 1. The largest absolute Gasteiger partial charge is 0.387 e. The number of hydrogen-bond acceptors (Lipinski definition) is 4. The van der Waals surface area contributed by atoms with Crippen LogP contribution in [0.2, 0.25) is 0 Å². The molecule has 1 N–H and O–H groups in total. The minimum atomic E-state index is -0.493. The van der Waals surface area contributed by atoms with Gasteiger partial charge in [-0.3, -0.25) is 4.98 Å². The van der Waals surface area contributed by atoms with Crippen molar-refractivity contribution in [1.29, 1.82) is 0 Å². The van der Waals surface area contributed by atoms with Crippen LogP contribution in [0.25, 0.3) is 0 Å². The monoisotopic (exact) mass is 263 g/mol. The van der Waals surface area contributed by atoms with Crippen molar-refractivity contribution < 1.29 is 5.11 Å².